The summed E-state index contributed by atoms with van der Waals surface area (Å²) in [6, 6.07) is -0.604. The lowest BCUT2D eigenvalue weighted by Gasteiger charge is -2.31. The molecule has 0 unspecified atom stereocenters. The molecule has 1 rings (SSSR count). The highest BCUT2D eigenvalue weighted by Gasteiger charge is 2.34. The Labute approximate surface area is 134 Å². The first-order valence-electron chi connectivity index (χ1n) is 8.51. The minimum atomic E-state index is -0.520. The SMILES string of the molecule is COC(=O)[C@@H](NC(=O)[C@@H](NC(C)C)C(C)C)C1CCCCC1. The zero-order chi connectivity index (χ0) is 16.7. The molecule has 0 aromatic rings. The highest BCUT2D eigenvalue weighted by molar-refractivity contribution is 5.87. The smallest absolute Gasteiger partial charge is 0.328 e. The summed E-state index contributed by atoms with van der Waals surface area (Å²) in [6.45, 7) is 8.05. The number of rotatable bonds is 7. The predicted octanol–water partition coefficient (Wildman–Crippen LogP) is 2.25. The van der Waals surface area contributed by atoms with Crippen molar-refractivity contribution in [1.82, 2.24) is 10.6 Å². The van der Waals surface area contributed by atoms with Gasteiger partial charge in [-0.05, 0) is 24.7 Å². The lowest BCUT2D eigenvalue weighted by atomic mass is 9.83. The van der Waals surface area contributed by atoms with Gasteiger partial charge in [-0.15, -0.1) is 0 Å². The minimum Gasteiger partial charge on any atom is -0.467 e. The predicted molar refractivity (Wildman–Crippen MR) is 87.4 cm³/mol. The van der Waals surface area contributed by atoms with E-state index >= 15 is 0 Å². The van der Waals surface area contributed by atoms with Crippen LogP contribution in [0.1, 0.15) is 59.8 Å². The molecule has 128 valence electrons. The number of nitrogens with one attached hydrogen (secondary N) is 2. The van der Waals surface area contributed by atoms with Crippen molar-refractivity contribution in [3.8, 4) is 0 Å². The van der Waals surface area contributed by atoms with E-state index in [1.165, 1.54) is 13.5 Å². The van der Waals surface area contributed by atoms with E-state index < -0.39 is 6.04 Å². The monoisotopic (exact) mass is 312 g/mol. The van der Waals surface area contributed by atoms with Crippen molar-refractivity contribution in [3.63, 3.8) is 0 Å². The summed E-state index contributed by atoms with van der Waals surface area (Å²) in [4.78, 5) is 24.7. The standard InChI is InChI=1S/C17H32N2O3/c1-11(2)14(18-12(3)4)16(20)19-15(17(21)22-5)13-9-7-6-8-10-13/h11-15,18H,6-10H2,1-5H3,(H,19,20)/t14-,15-/m0/s1. The number of amides is 1. The molecule has 5 nitrogen and oxygen atoms in total. The van der Waals surface area contributed by atoms with E-state index in [0.717, 1.165) is 25.7 Å². The maximum Gasteiger partial charge on any atom is 0.328 e. The molecular weight excluding hydrogens is 280 g/mol. The van der Waals surface area contributed by atoms with Crippen molar-refractivity contribution in [2.75, 3.05) is 7.11 Å². The van der Waals surface area contributed by atoms with Gasteiger partial charge in [0.05, 0.1) is 13.2 Å². The molecule has 0 radical (unpaired) electrons. The molecular formula is C17H32N2O3. The lowest BCUT2D eigenvalue weighted by Crippen LogP contribution is -2.56. The zero-order valence-corrected chi connectivity index (χ0v) is 14.6. The summed E-state index contributed by atoms with van der Waals surface area (Å²) < 4.78 is 4.91. The lowest BCUT2D eigenvalue weighted by molar-refractivity contribution is -0.147. The normalized spacial score (nSPS) is 19.0. The van der Waals surface area contributed by atoms with Gasteiger partial charge in [-0.25, -0.2) is 4.79 Å². The second kappa shape index (κ2) is 9.13. The second-order valence-electron chi connectivity index (χ2n) is 6.95. The van der Waals surface area contributed by atoms with Crippen molar-refractivity contribution in [1.29, 1.82) is 0 Å². The van der Waals surface area contributed by atoms with Gasteiger partial charge in [0, 0.05) is 6.04 Å². The fraction of sp³-hybridized carbons (Fsp3) is 0.882. The Hall–Kier alpha value is -1.10. The second-order valence-corrected chi connectivity index (χ2v) is 6.95. The molecule has 0 aromatic heterocycles. The molecule has 5 heteroatoms. The highest BCUT2D eigenvalue weighted by atomic mass is 16.5. The van der Waals surface area contributed by atoms with E-state index in [4.69, 9.17) is 4.74 Å². The van der Waals surface area contributed by atoms with Gasteiger partial charge in [0.1, 0.15) is 6.04 Å². The van der Waals surface area contributed by atoms with Crippen LogP contribution in [0.5, 0.6) is 0 Å². The Bertz CT molecular complexity index is 363. The molecule has 22 heavy (non-hydrogen) atoms. The molecule has 2 atom stereocenters. The van der Waals surface area contributed by atoms with E-state index in [1.807, 2.05) is 27.7 Å². The average Bonchev–Trinajstić information content (AvgIpc) is 2.49. The first kappa shape index (κ1) is 18.9. The molecule has 0 bridgehead atoms. The topological polar surface area (TPSA) is 67.4 Å². The van der Waals surface area contributed by atoms with Crippen LogP contribution in [0.3, 0.4) is 0 Å². The number of ether oxygens (including phenoxy) is 1. The fourth-order valence-electron chi connectivity index (χ4n) is 3.14. The summed E-state index contributed by atoms with van der Waals surface area (Å²) in [5.74, 6) is -0.0824. The Morgan fingerprint density at radius 3 is 2.09 bits per heavy atom. The van der Waals surface area contributed by atoms with Gasteiger partial charge in [0.15, 0.2) is 0 Å². The van der Waals surface area contributed by atoms with Crippen molar-refractivity contribution >= 4 is 11.9 Å². The van der Waals surface area contributed by atoms with Crippen LogP contribution in [-0.4, -0.2) is 37.1 Å². The molecule has 0 aromatic carbocycles. The van der Waals surface area contributed by atoms with Gasteiger partial charge in [0.25, 0.3) is 0 Å². The molecule has 1 saturated carbocycles. The Morgan fingerprint density at radius 2 is 1.64 bits per heavy atom. The van der Waals surface area contributed by atoms with Crippen LogP contribution in [0.2, 0.25) is 0 Å². The number of carbonyl (C=O) groups is 2. The fourth-order valence-corrected chi connectivity index (χ4v) is 3.14. The molecule has 1 aliphatic rings. The van der Waals surface area contributed by atoms with Crippen LogP contribution in [-0.2, 0) is 14.3 Å². The first-order chi connectivity index (χ1) is 10.4. The van der Waals surface area contributed by atoms with Gasteiger partial charge in [-0.2, -0.15) is 0 Å². The molecule has 1 fully saturated rings. The maximum atomic E-state index is 12.6. The first-order valence-corrected chi connectivity index (χ1v) is 8.51. The summed E-state index contributed by atoms with van der Waals surface area (Å²) in [6.07, 6.45) is 5.40. The highest BCUT2D eigenvalue weighted by Crippen LogP contribution is 2.27. The van der Waals surface area contributed by atoms with Crippen molar-refractivity contribution in [2.24, 2.45) is 11.8 Å². The molecule has 0 spiro atoms. The number of esters is 1. The third-order valence-electron chi connectivity index (χ3n) is 4.34. The Kier molecular flexibility index (Phi) is 7.87. The Balaban J connectivity index is 2.77. The van der Waals surface area contributed by atoms with Gasteiger partial charge in [0.2, 0.25) is 5.91 Å². The third-order valence-corrected chi connectivity index (χ3v) is 4.34. The maximum absolute atomic E-state index is 12.6. The van der Waals surface area contributed by atoms with E-state index in [0.29, 0.717) is 0 Å². The quantitative estimate of drug-likeness (QED) is 0.708. The average molecular weight is 312 g/mol. The van der Waals surface area contributed by atoms with Gasteiger partial charge >= 0.3 is 5.97 Å². The summed E-state index contributed by atoms with van der Waals surface area (Å²) in [7, 11) is 1.39. The van der Waals surface area contributed by atoms with E-state index in [-0.39, 0.29) is 35.8 Å². The van der Waals surface area contributed by atoms with Crippen LogP contribution in [0, 0.1) is 11.8 Å². The minimum absolute atomic E-state index is 0.107. The van der Waals surface area contributed by atoms with Gasteiger partial charge < -0.3 is 15.4 Å². The van der Waals surface area contributed by atoms with Crippen LogP contribution >= 0.6 is 0 Å². The van der Waals surface area contributed by atoms with E-state index in [9.17, 15) is 9.59 Å². The van der Waals surface area contributed by atoms with E-state index in [1.54, 1.807) is 0 Å². The van der Waals surface area contributed by atoms with Crippen molar-refractivity contribution in [3.05, 3.63) is 0 Å². The van der Waals surface area contributed by atoms with Gasteiger partial charge in [-0.3, -0.25) is 4.79 Å². The number of methoxy groups -OCH3 is 1. The van der Waals surface area contributed by atoms with Crippen molar-refractivity contribution in [2.45, 2.75) is 77.9 Å². The van der Waals surface area contributed by atoms with E-state index in [2.05, 4.69) is 10.6 Å². The summed E-state index contributed by atoms with van der Waals surface area (Å²) in [5, 5.41) is 6.23. The van der Waals surface area contributed by atoms with Crippen LogP contribution in [0.25, 0.3) is 0 Å². The molecule has 1 amide bonds. The molecule has 2 N–H and O–H groups in total. The molecule has 0 saturated heterocycles. The van der Waals surface area contributed by atoms with Crippen molar-refractivity contribution < 1.29 is 14.3 Å². The number of hydrogen-bond donors (Lipinski definition) is 2. The third kappa shape index (κ3) is 5.59. The molecule has 0 heterocycles. The molecule has 0 aliphatic heterocycles. The van der Waals surface area contributed by atoms with Crippen LogP contribution < -0.4 is 10.6 Å². The van der Waals surface area contributed by atoms with Crippen LogP contribution in [0.4, 0.5) is 0 Å². The van der Waals surface area contributed by atoms with Crippen LogP contribution in [0.15, 0.2) is 0 Å². The molecule has 1 aliphatic carbocycles. The Morgan fingerprint density at radius 1 is 1.05 bits per heavy atom. The summed E-state index contributed by atoms with van der Waals surface area (Å²) >= 11 is 0. The number of carbonyl (C=O) groups excluding carboxylic acids is 2. The zero-order valence-electron chi connectivity index (χ0n) is 14.6. The summed E-state index contributed by atoms with van der Waals surface area (Å²) in [5.41, 5.74) is 0. The van der Waals surface area contributed by atoms with Gasteiger partial charge in [-0.1, -0.05) is 47.0 Å². The number of hydrogen-bond acceptors (Lipinski definition) is 4. The largest absolute Gasteiger partial charge is 0.467 e.